The van der Waals surface area contributed by atoms with Crippen molar-refractivity contribution in [2.45, 2.75) is 39.8 Å². The Hall–Kier alpha value is -1.71. The van der Waals surface area contributed by atoms with E-state index in [0.717, 1.165) is 10.6 Å². The van der Waals surface area contributed by atoms with Crippen molar-refractivity contribution in [1.29, 1.82) is 0 Å². The van der Waals surface area contributed by atoms with Gasteiger partial charge in [0.05, 0.1) is 17.0 Å². The summed E-state index contributed by atoms with van der Waals surface area (Å²) in [5, 5.41) is 3.94. The largest absolute Gasteiger partial charge is 0.354 e. The van der Waals surface area contributed by atoms with Crippen LogP contribution in [0.2, 0.25) is 20.1 Å². The second kappa shape index (κ2) is 13.2. The molecule has 0 bridgehead atoms. The third-order valence-electron chi connectivity index (χ3n) is 5.28. The molecule has 0 saturated heterocycles. The van der Waals surface area contributed by atoms with Crippen LogP contribution in [0.3, 0.4) is 0 Å². The number of halogens is 4. The average molecular weight is 597 g/mol. The molecule has 0 heterocycles. The van der Waals surface area contributed by atoms with Crippen LogP contribution in [0.4, 0.5) is 5.69 Å². The molecule has 7 nitrogen and oxygen atoms in total. The zero-order valence-electron chi connectivity index (χ0n) is 20.4. The Kier molecular flexibility index (Phi) is 11.2. The highest BCUT2D eigenvalue weighted by Gasteiger charge is 2.32. The second-order valence-corrected chi connectivity index (χ2v) is 12.3. The van der Waals surface area contributed by atoms with Crippen LogP contribution in [0.15, 0.2) is 36.4 Å². The van der Waals surface area contributed by atoms with E-state index >= 15 is 0 Å². The summed E-state index contributed by atoms with van der Waals surface area (Å²) in [7, 11) is -3.95. The van der Waals surface area contributed by atoms with Gasteiger partial charge in [0.15, 0.2) is 0 Å². The summed E-state index contributed by atoms with van der Waals surface area (Å²) in [4.78, 5) is 28.1. The van der Waals surface area contributed by atoms with Crippen molar-refractivity contribution >= 4 is 73.9 Å². The molecule has 0 aliphatic carbocycles. The lowest BCUT2D eigenvalue weighted by Gasteiger charge is -2.33. The van der Waals surface area contributed by atoms with Crippen LogP contribution < -0.4 is 9.62 Å². The average Bonchev–Trinajstić information content (AvgIpc) is 2.78. The monoisotopic (exact) mass is 595 g/mol. The number of rotatable bonds is 11. The Morgan fingerprint density at radius 2 is 1.58 bits per heavy atom. The topological polar surface area (TPSA) is 86.8 Å². The first-order valence-electron chi connectivity index (χ1n) is 11.2. The second-order valence-electron chi connectivity index (χ2n) is 8.69. The number of benzene rings is 2. The first-order chi connectivity index (χ1) is 16.7. The highest BCUT2D eigenvalue weighted by molar-refractivity contribution is 7.92. The van der Waals surface area contributed by atoms with Crippen molar-refractivity contribution in [1.82, 2.24) is 10.2 Å². The maximum atomic E-state index is 13.7. The minimum Gasteiger partial charge on any atom is -0.354 e. The molecule has 1 atom stereocenters. The van der Waals surface area contributed by atoms with Crippen LogP contribution in [-0.2, 0) is 26.2 Å². The normalized spacial score (nSPS) is 12.4. The lowest BCUT2D eigenvalue weighted by molar-refractivity contribution is -0.140. The zero-order chi connectivity index (χ0) is 27.2. The number of amides is 2. The summed E-state index contributed by atoms with van der Waals surface area (Å²) in [5.41, 5.74) is 0.609. The van der Waals surface area contributed by atoms with Gasteiger partial charge in [0, 0.05) is 28.2 Å². The van der Waals surface area contributed by atoms with E-state index in [1.807, 2.05) is 13.8 Å². The van der Waals surface area contributed by atoms with E-state index in [1.54, 1.807) is 19.1 Å². The van der Waals surface area contributed by atoms with Gasteiger partial charge >= 0.3 is 0 Å². The van der Waals surface area contributed by atoms with Crippen molar-refractivity contribution in [3.63, 3.8) is 0 Å². The predicted octanol–water partition coefficient (Wildman–Crippen LogP) is 5.65. The third-order valence-corrected chi connectivity index (χ3v) is 7.55. The molecule has 0 saturated carbocycles. The lowest BCUT2D eigenvalue weighted by Crippen LogP contribution is -2.52. The molecule has 1 unspecified atom stereocenters. The Bertz CT molecular complexity index is 1210. The Labute approximate surface area is 232 Å². The molecule has 0 radical (unpaired) electrons. The maximum absolute atomic E-state index is 13.7. The Morgan fingerprint density at radius 3 is 2.14 bits per heavy atom. The van der Waals surface area contributed by atoms with Crippen molar-refractivity contribution in [3.8, 4) is 0 Å². The van der Waals surface area contributed by atoms with Crippen molar-refractivity contribution in [2.24, 2.45) is 5.92 Å². The zero-order valence-corrected chi connectivity index (χ0v) is 24.2. The molecule has 0 aliphatic heterocycles. The number of hydrogen-bond donors (Lipinski definition) is 1. The van der Waals surface area contributed by atoms with E-state index < -0.39 is 28.5 Å². The molecular formula is C24H29Cl4N3O4S. The quantitative estimate of drug-likeness (QED) is 0.363. The molecule has 198 valence electrons. The summed E-state index contributed by atoms with van der Waals surface area (Å²) in [6, 6.07) is 8.27. The van der Waals surface area contributed by atoms with E-state index in [2.05, 4.69) is 5.32 Å². The number of anilines is 1. The fourth-order valence-corrected chi connectivity index (χ4v) is 5.20. The van der Waals surface area contributed by atoms with Gasteiger partial charge in [0.2, 0.25) is 21.8 Å². The van der Waals surface area contributed by atoms with Crippen LogP contribution in [0, 0.1) is 5.92 Å². The van der Waals surface area contributed by atoms with Gasteiger partial charge in [-0.1, -0.05) is 73.2 Å². The number of nitrogens with zero attached hydrogens (tertiary/aromatic N) is 2. The van der Waals surface area contributed by atoms with Gasteiger partial charge in [0.1, 0.15) is 12.6 Å². The third kappa shape index (κ3) is 8.42. The van der Waals surface area contributed by atoms with Gasteiger partial charge in [-0.3, -0.25) is 13.9 Å². The van der Waals surface area contributed by atoms with Crippen LogP contribution >= 0.6 is 46.4 Å². The van der Waals surface area contributed by atoms with Crippen molar-refractivity contribution in [3.05, 3.63) is 62.1 Å². The minimum absolute atomic E-state index is 0.0384. The Balaban J connectivity index is 2.50. The molecule has 2 aromatic carbocycles. The fraction of sp³-hybridized carbons (Fsp3) is 0.417. The van der Waals surface area contributed by atoms with Gasteiger partial charge in [0.25, 0.3) is 0 Å². The van der Waals surface area contributed by atoms with Gasteiger partial charge < -0.3 is 10.2 Å². The highest BCUT2D eigenvalue weighted by atomic mass is 35.5. The molecule has 2 amide bonds. The van der Waals surface area contributed by atoms with E-state index in [4.69, 9.17) is 46.4 Å². The standard InChI is InChI=1S/C24H29Cl4N3O4S/c1-5-21(24(33)29-12-15(2)3)30(13-16-6-7-17(25)10-20(16)28)23(32)14-31(36(4,34)35)22-11-18(26)8-9-19(22)27/h6-11,15,21H,5,12-14H2,1-4H3,(H,29,33). The molecule has 36 heavy (non-hydrogen) atoms. The van der Waals surface area contributed by atoms with Gasteiger partial charge in [-0.15, -0.1) is 0 Å². The van der Waals surface area contributed by atoms with Crippen LogP contribution in [0.25, 0.3) is 0 Å². The Morgan fingerprint density at radius 1 is 0.972 bits per heavy atom. The molecule has 12 heteroatoms. The predicted molar refractivity (Wildman–Crippen MR) is 148 cm³/mol. The molecular weight excluding hydrogens is 568 g/mol. The van der Waals surface area contributed by atoms with E-state index in [-0.39, 0.29) is 40.5 Å². The van der Waals surface area contributed by atoms with Crippen LogP contribution in [0.1, 0.15) is 32.8 Å². The lowest BCUT2D eigenvalue weighted by atomic mass is 10.1. The first-order valence-corrected chi connectivity index (χ1v) is 14.5. The van der Waals surface area contributed by atoms with Gasteiger partial charge in [-0.2, -0.15) is 0 Å². The number of carbonyl (C=O) groups is 2. The fourth-order valence-electron chi connectivity index (χ4n) is 3.45. The van der Waals surface area contributed by atoms with Crippen molar-refractivity contribution < 1.29 is 18.0 Å². The van der Waals surface area contributed by atoms with E-state index in [9.17, 15) is 18.0 Å². The van der Waals surface area contributed by atoms with Crippen LogP contribution in [-0.4, -0.2) is 50.5 Å². The van der Waals surface area contributed by atoms with E-state index in [0.29, 0.717) is 22.2 Å². The summed E-state index contributed by atoms with van der Waals surface area (Å²) < 4.78 is 26.3. The molecule has 2 rings (SSSR count). The van der Waals surface area contributed by atoms with Gasteiger partial charge in [-0.05, 0) is 48.2 Å². The molecule has 0 aliphatic rings. The first kappa shape index (κ1) is 30.5. The number of hydrogen-bond acceptors (Lipinski definition) is 4. The minimum atomic E-state index is -3.95. The number of carbonyl (C=O) groups excluding carboxylic acids is 2. The molecule has 2 aromatic rings. The molecule has 0 spiro atoms. The number of sulfonamides is 1. The highest BCUT2D eigenvalue weighted by Crippen LogP contribution is 2.31. The van der Waals surface area contributed by atoms with Crippen molar-refractivity contribution in [2.75, 3.05) is 23.7 Å². The summed E-state index contributed by atoms with van der Waals surface area (Å²) in [6.07, 6.45) is 1.25. The van der Waals surface area contributed by atoms with E-state index in [1.165, 1.54) is 29.2 Å². The van der Waals surface area contributed by atoms with Gasteiger partial charge in [-0.25, -0.2) is 8.42 Å². The number of nitrogens with one attached hydrogen (secondary N) is 1. The summed E-state index contributed by atoms with van der Waals surface area (Å²) in [5.74, 6) is -0.766. The summed E-state index contributed by atoms with van der Waals surface area (Å²) in [6.45, 7) is 5.46. The summed E-state index contributed by atoms with van der Waals surface area (Å²) >= 11 is 24.7. The molecule has 1 N–H and O–H groups in total. The SMILES string of the molecule is CCC(C(=O)NCC(C)C)N(Cc1ccc(Cl)cc1Cl)C(=O)CN(c1cc(Cl)ccc1Cl)S(C)(=O)=O. The maximum Gasteiger partial charge on any atom is 0.244 e. The molecule has 0 fully saturated rings. The smallest absolute Gasteiger partial charge is 0.244 e. The molecule has 0 aromatic heterocycles. The van der Waals surface area contributed by atoms with Crippen LogP contribution in [0.5, 0.6) is 0 Å².